The second-order valence-corrected chi connectivity index (χ2v) is 4.02. The Morgan fingerprint density at radius 1 is 0.905 bits per heavy atom. The van der Waals surface area contributed by atoms with Crippen LogP contribution >= 0.6 is 0 Å². The van der Waals surface area contributed by atoms with E-state index in [0.717, 1.165) is 0 Å². The van der Waals surface area contributed by atoms with Crippen molar-refractivity contribution in [3.8, 4) is 5.75 Å². The van der Waals surface area contributed by atoms with Gasteiger partial charge in [-0.3, -0.25) is 10.1 Å². The number of benzene rings is 1. The van der Waals surface area contributed by atoms with Crippen LogP contribution in [0.25, 0.3) is 0 Å². The van der Waals surface area contributed by atoms with Gasteiger partial charge in [0.1, 0.15) is 12.4 Å². The molecule has 0 aliphatic rings. The van der Waals surface area contributed by atoms with E-state index in [4.69, 9.17) is 18.9 Å². The SMILES string of the molecule is CCOCCOCCOCCOc1ccc([N+](=O)[O-])cc1. The van der Waals surface area contributed by atoms with Crippen molar-refractivity contribution in [2.24, 2.45) is 0 Å². The molecule has 7 nitrogen and oxygen atoms in total. The fourth-order valence-corrected chi connectivity index (χ4v) is 1.47. The van der Waals surface area contributed by atoms with Gasteiger partial charge in [-0.05, 0) is 19.1 Å². The van der Waals surface area contributed by atoms with E-state index in [1.165, 1.54) is 12.1 Å². The van der Waals surface area contributed by atoms with Crippen molar-refractivity contribution in [2.75, 3.05) is 46.2 Å². The number of non-ortho nitro benzene ring substituents is 1. The topological polar surface area (TPSA) is 80.1 Å². The van der Waals surface area contributed by atoms with Gasteiger partial charge >= 0.3 is 0 Å². The van der Waals surface area contributed by atoms with Gasteiger partial charge in [0.05, 0.1) is 38.0 Å². The van der Waals surface area contributed by atoms with Crippen LogP contribution in [0.3, 0.4) is 0 Å². The van der Waals surface area contributed by atoms with Crippen molar-refractivity contribution < 1.29 is 23.9 Å². The van der Waals surface area contributed by atoms with Crippen LogP contribution in [0.1, 0.15) is 6.92 Å². The number of hydrogen-bond donors (Lipinski definition) is 0. The fraction of sp³-hybridized carbons (Fsp3) is 0.571. The van der Waals surface area contributed by atoms with Crippen LogP contribution < -0.4 is 4.74 Å². The molecule has 0 saturated heterocycles. The maximum absolute atomic E-state index is 10.5. The summed E-state index contributed by atoms with van der Waals surface area (Å²) in [5, 5.41) is 10.5. The predicted octanol–water partition coefficient (Wildman–Crippen LogP) is 2.04. The molecule has 0 spiro atoms. The van der Waals surface area contributed by atoms with Crippen molar-refractivity contribution in [1.29, 1.82) is 0 Å². The smallest absolute Gasteiger partial charge is 0.269 e. The van der Waals surface area contributed by atoms with Gasteiger partial charge in [0.15, 0.2) is 0 Å². The molecule has 0 atom stereocenters. The highest BCUT2D eigenvalue weighted by molar-refractivity contribution is 5.35. The Morgan fingerprint density at radius 2 is 1.43 bits per heavy atom. The van der Waals surface area contributed by atoms with Gasteiger partial charge in [-0.15, -0.1) is 0 Å². The molecule has 0 aliphatic heterocycles. The van der Waals surface area contributed by atoms with Gasteiger partial charge in [0.2, 0.25) is 0 Å². The highest BCUT2D eigenvalue weighted by Crippen LogP contribution is 2.16. The number of nitro benzene ring substituents is 1. The van der Waals surface area contributed by atoms with Crippen LogP contribution in [0.15, 0.2) is 24.3 Å². The first kappa shape index (κ1) is 17.4. The fourth-order valence-electron chi connectivity index (χ4n) is 1.47. The summed E-state index contributed by atoms with van der Waals surface area (Å²) in [6.45, 7) is 5.63. The quantitative estimate of drug-likeness (QED) is 0.334. The molecule has 0 unspecified atom stereocenters. The summed E-state index contributed by atoms with van der Waals surface area (Å²) in [6.07, 6.45) is 0. The summed E-state index contributed by atoms with van der Waals surface area (Å²) < 4.78 is 21.1. The van der Waals surface area contributed by atoms with Gasteiger partial charge in [-0.25, -0.2) is 0 Å². The lowest BCUT2D eigenvalue weighted by Gasteiger charge is -2.07. The summed E-state index contributed by atoms with van der Waals surface area (Å²) >= 11 is 0. The molecule has 0 aromatic heterocycles. The largest absolute Gasteiger partial charge is 0.491 e. The first-order valence-corrected chi connectivity index (χ1v) is 6.84. The van der Waals surface area contributed by atoms with Crippen molar-refractivity contribution in [2.45, 2.75) is 6.92 Å². The molecule has 0 bridgehead atoms. The number of hydrogen-bond acceptors (Lipinski definition) is 6. The maximum Gasteiger partial charge on any atom is 0.269 e. The molecular weight excluding hydrogens is 278 g/mol. The number of ether oxygens (including phenoxy) is 4. The van der Waals surface area contributed by atoms with E-state index in [1.54, 1.807) is 12.1 Å². The Balaban J connectivity index is 1.98. The van der Waals surface area contributed by atoms with Crippen molar-refractivity contribution >= 4 is 5.69 Å². The van der Waals surface area contributed by atoms with Crippen LogP contribution in [0, 0.1) is 10.1 Å². The summed E-state index contributed by atoms with van der Waals surface area (Å²) in [6, 6.07) is 5.94. The van der Waals surface area contributed by atoms with Crippen LogP contribution in [0.2, 0.25) is 0 Å². The molecule has 1 rings (SSSR count). The minimum absolute atomic E-state index is 0.0443. The van der Waals surface area contributed by atoms with E-state index < -0.39 is 4.92 Å². The third kappa shape index (κ3) is 8.23. The predicted molar refractivity (Wildman–Crippen MR) is 76.7 cm³/mol. The minimum atomic E-state index is -0.446. The van der Waals surface area contributed by atoms with Gasteiger partial charge in [0.25, 0.3) is 5.69 Å². The molecule has 7 heteroatoms. The highest BCUT2D eigenvalue weighted by Gasteiger charge is 2.03. The summed E-state index contributed by atoms with van der Waals surface area (Å²) in [5.41, 5.74) is 0.0443. The molecule has 0 N–H and O–H groups in total. The van der Waals surface area contributed by atoms with Crippen molar-refractivity contribution in [3.63, 3.8) is 0 Å². The lowest BCUT2D eigenvalue weighted by Crippen LogP contribution is -2.12. The Kier molecular flexibility index (Phi) is 9.10. The third-order valence-corrected chi connectivity index (χ3v) is 2.49. The standard InChI is InChI=1S/C14H21NO6/c1-2-18-7-8-19-9-10-20-11-12-21-14-5-3-13(4-6-14)15(16)17/h3-6H,2,7-12H2,1H3. The zero-order chi connectivity index (χ0) is 15.3. The van der Waals surface area contributed by atoms with Crippen molar-refractivity contribution in [3.05, 3.63) is 34.4 Å². The first-order chi connectivity index (χ1) is 10.2. The molecule has 0 saturated carbocycles. The molecule has 21 heavy (non-hydrogen) atoms. The normalized spacial score (nSPS) is 10.5. The summed E-state index contributed by atoms with van der Waals surface area (Å²) in [7, 11) is 0. The number of rotatable bonds is 12. The molecule has 0 fully saturated rings. The Morgan fingerprint density at radius 3 is 1.95 bits per heavy atom. The highest BCUT2D eigenvalue weighted by atomic mass is 16.6. The monoisotopic (exact) mass is 299 g/mol. The second kappa shape index (κ2) is 11.0. The van der Waals surface area contributed by atoms with Crippen LogP contribution in [-0.2, 0) is 14.2 Å². The van der Waals surface area contributed by atoms with E-state index in [1.807, 2.05) is 6.92 Å². The van der Waals surface area contributed by atoms with E-state index in [2.05, 4.69) is 0 Å². The molecule has 1 aromatic rings. The molecular formula is C14H21NO6. The van der Waals surface area contributed by atoms with E-state index >= 15 is 0 Å². The van der Waals surface area contributed by atoms with Crippen LogP contribution in [0.4, 0.5) is 5.69 Å². The zero-order valence-corrected chi connectivity index (χ0v) is 12.2. The average molecular weight is 299 g/mol. The van der Waals surface area contributed by atoms with Crippen LogP contribution in [0.5, 0.6) is 5.75 Å². The summed E-state index contributed by atoms with van der Waals surface area (Å²) in [4.78, 5) is 10.0. The molecule has 1 aromatic carbocycles. The first-order valence-electron chi connectivity index (χ1n) is 6.84. The zero-order valence-electron chi connectivity index (χ0n) is 12.2. The van der Waals surface area contributed by atoms with Gasteiger partial charge in [-0.2, -0.15) is 0 Å². The second-order valence-electron chi connectivity index (χ2n) is 4.02. The van der Waals surface area contributed by atoms with Gasteiger partial charge < -0.3 is 18.9 Å². The van der Waals surface area contributed by atoms with Crippen LogP contribution in [-0.4, -0.2) is 51.2 Å². The van der Waals surface area contributed by atoms with E-state index in [0.29, 0.717) is 52.0 Å². The lowest BCUT2D eigenvalue weighted by molar-refractivity contribution is -0.384. The van der Waals surface area contributed by atoms with Gasteiger partial charge in [0, 0.05) is 18.7 Å². The minimum Gasteiger partial charge on any atom is -0.491 e. The Labute approximate surface area is 123 Å². The Bertz CT molecular complexity index is 395. The number of nitrogens with zero attached hydrogens (tertiary/aromatic N) is 1. The van der Waals surface area contributed by atoms with Crippen molar-refractivity contribution in [1.82, 2.24) is 0 Å². The molecule has 118 valence electrons. The van der Waals surface area contributed by atoms with E-state index in [-0.39, 0.29) is 5.69 Å². The van der Waals surface area contributed by atoms with Gasteiger partial charge in [-0.1, -0.05) is 0 Å². The Hall–Kier alpha value is -1.70. The average Bonchev–Trinajstić information content (AvgIpc) is 2.49. The molecule has 0 radical (unpaired) electrons. The number of nitro groups is 1. The maximum atomic E-state index is 10.5. The molecule has 0 heterocycles. The molecule has 0 amide bonds. The molecule has 0 aliphatic carbocycles. The third-order valence-electron chi connectivity index (χ3n) is 2.49. The summed E-state index contributed by atoms with van der Waals surface area (Å²) in [5.74, 6) is 0.581. The lowest BCUT2D eigenvalue weighted by atomic mass is 10.3. The van der Waals surface area contributed by atoms with E-state index in [9.17, 15) is 10.1 Å².